The first kappa shape index (κ1) is 13.4. The number of amides is 2. The fraction of sp³-hybridized carbons (Fsp3) is 0.857. The number of hydrogen-bond donors (Lipinski definition) is 1. The molecule has 0 aromatic carbocycles. The lowest BCUT2D eigenvalue weighted by atomic mass is 9.97. The molecule has 2 fully saturated rings. The largest absolute Gasteiger partial charge is 0.343 e. The van der Waals surface area contributed by atoms with Crippen LogP contribution >= 0.6 is 0 Å². The zero-order valence-corrected chi connectivity index (χ0v) is 11.7. The molecule has 4 heteroatoms. The van der Waals surface area contributed by atoms with E-state index in [0.717, 1.165) is 13.0 Å². The lowest BCUT2D eigenvalue weighted by Crippen LogP contribution is -2.63. The van der Waals surface area contributed by atoms with E-state index in [1.807, 2.05) is 18.7 Å². The quantitative estimate of drug-likeness (QED) is 0.809. The highest BCUT2D eigenvalue weighted by atomic mass is 16.2. The lowest BCUT2D eigenvalue weighted by molar-refractivity contribution is -0.149. The monoisotopic (exact) mass is 252 g/mol. The van der Waals surface area contributed by atoms with Gasteiger partial charge < -0.3 is 10.2 Å². The highest BCUT2D eigenvalue weighted by Gasteiger charge is 2.47. The summed E-state index contributed by atoms with van der Waals surface area (Å²) in [5, 5.41) is 2.80. The Balaban J connectivity index is 2.08. The van der Waals surface area contributed by atoms with Crippen LogP contribution in [0.15, 0.2) is 0 Å². The van der Waals surface area contributed by atoms with E-state index < -0.39 is 0 Å². The normalized spacial score (nSPS) is 30.3. The Morgan fingerprint density at radius 3 is 2.50 bits per heavy atom. The van der Waals surface area contributed by atoms with Gasteiger partial charge in [0.05, 0.1) is 0 Å². The first-order chi connectivity index (χ1) is 8.53. The summed E-state index contributed by atoms with van der Waals surface area (Å²) in [6.07, 6.45) is 5.40. The van der Waals surface area contributed by atoms with Gasteiger partial charge in [-0.25, -0.2) is 0 Å². The van der Waals surface area contributed by atoms with Crippen LogP contribution in [0.25, 0.3) is 0 Å². The Labute approximate surface area is 109 Å². The smallest absolute Gasteiger partial charge is 0.245 e. The lowest BCUT2D eigenvalue weighted by Gasteiger charge is -2.39. The van der Waals surface area contributed by atoms with Crippen molar-refractivity contribution in [2.45, 2.75) is 65.0 Å². The van der Waals surface area contributed by atoms with Gasteiger partial charge in [-0.2, -0.15) is 0 Å². The van der Waals surface area contributed by atoms with Crippen LogP contribution in [0.1, 0.15) is 52.9 Å². The van der Waals surface area contributed by atoms with Crippen LogP contribution < -0.4 is 5.32 Å². The molecule has 1 heterocycles. The third kappa shape index (κ3) is 2.38. The molecule has 1 saturated heterocycles. The molecule has 0 radical (unpaired) electrons. The number of carbonyl (C=O) groups excluding carboxylic acids is 2. The predicted octanol–water partition coefficient (Wildman–Crippen LogP) is 1.69. The summed E-state index contributed by atoms with van der Waals surface area (Å²) in [4.78, 5) is 26.0. The van der Waals surface area contributed by atoms with Gasteiger partial charge in [-0.3, -0.25) is 9.59 Å². The van der Waals surface area contributed by atoms with E-state index in [2.05, 4.69) is 12.2 Å². The highest BCUT2D eigenvalue weighted by Crippen LogP contribution is 2.50. The molecule has 0 bridgehead atoms. The standard InChI is InChI=1S/C14H24N2O2/c1-4-6-14(7-8-14)9-16-10(3)12(17)15-11(5-2)13(16)18/h10-11H,4-9H2,1-3H3,(H,15,17). The summed E-state index contributed by atoms with van der Waals surface area (Å²) in [5.74, 6) is 0.0979. The molecule has 1 aliphatic heterocycles. The molecule has 1 N–H and O–H groups in total. The molecular weight excluding hydrogens is 228 g/mol. The predicted molar refractivity (Wildman–Crippen MR) is 70.0 cm³/mol. The molecule has 4 nitrogen and oxygen atoms in total. The van der Waals surface area contributed by atoms with Crippen molar-refractivity contribution in [3.63, 3.8) is 0 Å². The van der Waals surface area contributed by atoms with E-state index in [-0.39, 0.29) is 23.9 Å². The van der Waals surface area contributed by atoms with Crippen LogP contribution in [0.2, 0.25) is 0 Å². The average molecular weight is 252 g/mol. The van der Waals surface area contributed by atoms with E-state index in [1.165, 1.54) is 19.3 Å². The first-order valence-corrected chi connectivity index (χ1v) is 7.14. The second kappa shape index (κ2) is 4.90. The van der Waals surface area contributed by atoms with Crippen LogP contribution in [0.3, 0.4) is 0 Å². The number of rotatable bonds is 5. The van der Waals surface area contributed by atoms with Crippen molar-refractivity contribution in [2.24, 2.45) is 5.41 Å². The third-order valence-corrected chi connectivity index (χ3v) is 4.40. The van der Waals surface area contributed by atoms with E-state index in [9.17, 15) is 9.59 Å². The molecule has 2 atom stereocenters. The van der Waals surface area contributed by atoms with Crippen molar-refractivity contribution < 1.29 is 9.59 Å². The summed E-state index contributed by atoms with van der Waals surface area (Å²) in [6, 6.07) is -0.624. The molecule has 1 saturated carbocycles. The van der Waals surface area contributed by atoms with E-state index in [0.29, 0.717) is 11.8 Å². The molecule has 0 spiro atoms. The Morgan fingerprint density at radius 2 is 2.00 bits per heavy atom. The van der Waals surface area contributed by atoms with E-state index in [1.54, 1.807) is 0 Å². The van der Waals surface area contributed by atoms with Gasteiger partial charge in [0, 0.05) is 6.54 Å². The zero-order chi connectivity index (χ0) is 13.3. The second-order valence-corrected chi connectivity index (χ2v) is 5.86. The molecule has 2 rings (SSSR count). The summed E-state index contributed by atoms with van der Waals surface area (Å²) in [6.45, 7) is 6.73. The Bertz CT molecular complexity index is 350. The van der Waals surface area contributed by atoms with Crippen molar-refractivity contribution in [3.05, 3.63) is 0 Å². The van der Waals surface area contributed by atoms with Crippen molar-refractivity contribution in [2.75, 3.05) is 6.54 Å². The molecule has 2 amide bonds. The minimum atomic E-state index is -0.314. The minimum Gasteiger partial charge on any atom is -0.343 e. The summed E-state index contributed by atoms with van der Waals surface area (Å²) in [7, 11) is 0. The van der Waals surface area contributed by atoms with Crippen LogP contribution in [0.5, 0.6) is 0 Å². The van der Waals surface area contributed by atoms with Crippen LogP contribution in [0.4, 0.5) is 0 Å². The molecule has 0 aromatic rings. The maximum atomic E-state index is 12.3. The number of nitrogens with one attached hydrogen (secondary N) is 1. The highest BCUT2D eigenvalue weighted by molar-refractivity contribution is 5.96. The fourth-order valence-electron chi connectivity index (χ4n) is 2.93. The van der Waals surface area contributed by atoms with Gasteiger partial charge in [0.25, 0.3) is 0 Å². The van der Waals surface area contributed by atoms with Crippen molar-refractivity contribution in [1.82, 2.24) is 10.2 Å². The maximum Gasteiger partial charge on any atom is 0.245 e. The Morgan fingerprint density at radius 1 is 1.33 bits per heavy atom. The van der Waals surface area contributed by atoms with E-state index >= 15 is 0 Å². The molecule has 1 aliphatic carbocycles. The maximum absolute atomic E-state index is 12.3. The molecule has 2 unspecified atom stereocenters. The second-order valence-electron chi connectivity index (χ2n) is 5.86. The summed E-state index contributed by atoms with van der Waals surface area (Å²) < 4.78 is 0. The van der Waals surface area contributed by atoms with Gasteiger partial charge in [0.15, 0.2) is 0 Å². The number of piperazine rings is 1. The van der Waals surface area contributed by atoms with Gasteiger partial charge in [-0.05, 0) is 38.0 Å². The molecule has 0 aromatic heterocycles. The number of carbonyl (C=O) groups is 2. The minimum absolute atomic E-state index is 0.00579. The van der Waals surface area contributed by atoms with Gasteiger partial charge in [-0.15, -0.1) is 0 Å². The Kier molecular flexibility index (Phi) is 3.64. The van der Waals surface area contributed by atoms with Crippen LogP contribution in [-0.4, -0.2) is 35.3 Å². The van der Waals surface area contributed by atoms with Crippen molar-refractivity contribution >= 4 is 11.8 Å². The van der Waals surface area contributed by atoms with E-state index in [4.69, 9.17) is 0 Å². The molecule has 2 aliphatic rings. The molecule has 18 heavy (non-hydrogen) atoms. The third-order valence-electron chi connectivity index (χ3n) is 4.40. The van der Waals surface area contributed by atoms with Crippen LogP contribution in [-0.2, 0) is 9.59 Å². The van der Waals surface area contributed by atoms with Gasteiger partial charge in [0.2, 0.25) is 11.8 Å². The fourth-order valence-corrected chi connectivity index (χ4v) is 2.93. The zero-order valence-electron chi connectivity index (χ0n) is 11.7. The van der Waals surface area contributed by atoms with Gasteiger partial charge in [0.1, 0.15) is 12.1 Å². The molecular formula is C14H24N2O2. The topological polar surface area (TPSA) is 49.4 Å². The SMILES string of the molecule is CCCC1(CN2C(=O)C(CC)NC(=O)C2C)CC1. The van der Waals surface area contributed by atoms with Crippen molar-refractivity contribution in [3.8, 4) is 0 Å². The Hall–Kier alpha value is -1.06. The number of hydrogen-bond acceptors (Lipinski definition) is 2. The number of nitrogens with zero attached hydrogens (tertiary/aromatic N) is 1. The first-order valence-electron chi connectivity index (χ1n) is 7.14. The van der Waals surface area contributed by atoms with Gasteiger partial charge in [-0.1, -0.05) is 20.3 Å². The molecule has 102 valence electrons. The summed E-state index contributed by atoms with van der Waals surface area (Å²) in [5.41, 5.74) is 0.314. The van der Waals surface area contributed by atoms with Crippen LogP contribution in [0, 0.1) is 5.41 Å². The average Bonchev–Trinajstić information content (AvgIpc) is 3.10. The van der Waals surface area contributed by atoms with Crippen molar-refractivity contribution in [1.29, 1.82) is 0 Å². The van der Waals surface area contributed by atoms with Gasteiger partial charge >= 0.3 is 0 Å². The summed E-state index contributed by atoms with van der Waals surface area (Å²) >= 11 is 0.